The molecule has 188 valence electrons. The molecule has 0 fully saturated rings. The molecule has 2 aromatic carbocycles. The zero-order valence-corrected chi connectivity index (χ0v) is 24.0. The van der Waals surface area contributed by atoms with Crippen molar-refractivity contribution in [1.82, 2.24) is 0 Å². The van der Waals surface area contributed by atoms with Crippen LogP contribution in [0.15, 0.2) is 73.3 Å². The van der Waals surface area contributed by atoms with E-state index in [4.69, 9.17) is 0 Å². The molecule has 0 nitrogen and oxygen atoms in total. The van der Waals surface area contributed by atoms with Crippen molar-refractivity contribution >= 4 is 5.57 Å². The number of aryl methyl sites for hydroxylation is 3. The summed E-state index contributed by atoms with van der Waals surface area (Å²) in [5, 5.41) is 0. The van der Waals surface area contributed by atoms with Crippen LogP contribution in [-0.4, -0.2) is 0 Å². The fourth-order valence-electron chi connectivity index (χ4n) is 3.29. The molecule has 0 bridgehead atoms. The van der Waals surface area contributed by atoms with Gasteiger partial charge in [-0.1, -0.05) is 147 Å². The number of benzene rings is 2. The summed E-state index contributed by atoms with van der Waals surface area (Å²) in [6.45, 7) is 25.9. The van der Waals surface area contributed by atoms with Crippen LogP contribution in [0, 0.1) is 19.8 Å². The fourth-order valence-corrected chi connectivity index (χ4v) is 3.29. The Labute approximate surface area is 212 Å². The predicted molar refractivity (Wildman–Crippen MR) is 158 cm³/mol. The van der Waals surface area contributed by atoms with E-state index in [0.29, 0.717) is 0 Å². The lowest BCUT2D eigenvalue weighted by molar-refractivity contribution is 0.572. The summed E-state index contributed by atoms with van der Waals surface area (Å²) in [5.41, 5.74) is 8.20. The lowest BCUT2D eigenvalue weighted by atomic mass is 9.84. The van der Waals surface area contributed by atoms with Gasteiger partial charge in [-0.25, -0.2) is 0 Å². The van der Waals surface area contributed by atoms with E-state index in [1.54, 1.807) is 0 Å². The highest BCUT2D eigenvalue weighted by atomic mass is 14.2. The van der Waals surface area contributed by atoms with Crippen molar-refractivity contribution in [2.45, 2.75) is 100 Å². The quantitative estimate of drug-likeness (QED) is 0.360. The third-order valence-corrected chi connectivity index (χ3v) is 5.74. The lowest BCUT2D eigenvalue weighted by Crippen LogP contribution is -2.11. The molecular weight excluding hydrogens is 408 g/mol. The summed E-state index contributed by atoms with van der Waals surface area (Å²) < 4.78 is 0. The first-order valence-corrected chi connectivity index (χ1v) is 13.2. The highest BCUT2D eigenvalue weighted by Gasteiger charge is 2.15. The van der Waals surface area contributed by atoms with Crippen LogP contribution < -0.4 is 0 Å². The minimum Gasteiger partial charge on any atom is -0.0990 e. The van der Waals surface area contributed by atoms with E-state index in [0.717, 1.165) is 18.8 Å². The lowest BCUT2D eigenvalue weighted by Gasteiger charge is -2.21. The molecule has 2 rings (SSSR count). The molecule has 0 heteroatoms. The molecule has 0 saturated carbocycles. The van der Waals surface area contributed by atoms with Gasteiger partial charge in [-0.15, -0.1) is 0 Å². The average molecular weight is 461 g/mol. The minimum absolute atomic E-state index is 0.169. The first kappa shape index (κ1) is 31.7. The van der Waals surface area contributed by atoms with E-state index < -0.39 is 0 Å². The van der Waals surface area contributed by atoms with Gasteiger partial charge in [-0.3, -0.25) is 0 Å². The third kappa shape index (κ3) is 12.8. The standard InChI is InChI=1S/C22H32.C9H12.C3H8/c1-8-11-19(13-10-12-17(3)9-2)21-16-20(22(5,6)7)15-14-18(21)4;1-3-9-6-4-5-8(2)7-9;1-3-2/h8,10-11,13-17H,1,9,12H2,2-7H3;4-7H,3H2,1-2H3;3H2,1-2H3/b13-10-,19-11+;;. The largest absolute Gasteiger partial charge is 0.0990 e. The topological polar surface area (TPSA) is 0 Å². The maximum atomic E-state index is 3.88. The summed E-state index contributed by atoms with van der Waals surface area (Å²) >= 11 is 0. The van der Waals surface area contributed by atoms with Gasteiger partial charge in [0.05, 0.1) is 0 Å². The zero-order valence-electron chi connectivity index (χ0n) is 24.0. The van der Waals surface area contributed by atoms with Gasteiger partial charge in [0.15, 0.2) is 0 Å². The van der Waals surface area contributed by atoms with Crippen molar-refractivity contribution in [2.24, 2.45) is 5.92 Å². The van der Waals surface area contributed by atoms with Crippen molar-refractivity contribution in [3.05, 3.63) is 101 Å². The smallest absolute Gasteiger partial charge is 0.0132 e. The Morgan fingerprint density at radius 1 is 0.971 bits per heavy atom. The Balaban J connectivity index is 0.000000745. The van der Waals surface area contributed by atoms with Gasteiger partial charge >= 0.3 is 0 Å². The molecule has 0 heterocycles. The van der Waals surface area contributed by atoms with Gasteiger partial charge in [0.2, 0.25) is 0 Å². The van der Waals surface area contributed by atoms with E-state index in [1.807, 2.05) is 6.08 Å². The van der Waals surface area contributed by atoms with Crippen LogP contribution in [0.4, 0.5) is 0 Å². The summed E-state index contributed by atoms with van der Waals surface area (Å²) in [4.78, 5) is 0. The van der Waals surface area contributed by atoms with Crippen LogP contribution in [-0.2, 0) is 11.8 Å². The van der Waals surface area contributed by atoms with Crippen molar-refractivity contribution in [3.8, 4) is 0 Å². The zero-order chi connectivity index (χ0) is 26.1. The maximum Gasteiger partial charge on any atom is -0.0132 e. The molecule has 1 unspecified atom stereocenters. The summed E-state index contributed by atoms with van der Waals surface area (Å²) in [7, 11) is 0. The summed E-state index contributed by atoms with van der Waals surface area (Å²) in [6, 6.07) is 15.4. The molecule has 1 atom stereocenters. The van der Waals surface area contributed by atoms with E-state index in [2.05, 4.69) is 137 Å². The Hall–Kier alpha value is -2.34. The number of hydrogen-bond donors (Lipinski definition) is 0. The first-order chi connectivity index (χ1) is 16.0. The SMILES string of the molecule is C=C/C=C(\C=C/CC(C)CC)c1cc(C(C)(C)C)ccc1C.CCC.CCc1cccc(C)c1. The van der Waals surface area contributed by atoms with Gasteiger partial charge in [0, 0.05) is 0 Å². The number of hydrogen-bond acceptors (Lipinski definition) is 0. The first-order valence-electron chi connectivity index (χ1n) is 13.2. The summed E-state index contributed by atoms with van der Waals surface area (Å²) in [6.07, 6.45) is 13.3. The second-order valence-electron chi connectivity index (χ2n) is 10.3. The molecule has 0 aliphatic carbocycles. The van der Waals surface area contributed by atoms with Crippen LogP contribution in [0.25, 0.3) is 5.57 Å². The Kier molecular flexibility index (Phi) is 16.0. The monoisotopic (exact) mass is 460 g/mol. The highest BCUT2D eigenvalue weighted by molar-refractivity contribution is 5.77. The van der Waals surface area contributed by atoms with Crippen LogP contribution >= 0.6 is 0 Å². The van der Waals surface area contributed by atoms with E-state index >= 15 is 0 Å². The Morgan fingerprint density at radius 3 is 2.09 bits per heavy atom. The molecule has 0 aromatic heterocycles. The van der Waals surface area contributed by atoms with Gasteiger partial charge < -0.3 is 0 Å². The highest BCUT2D eigenvalue weighted by Crippen LogP contribution is 2.28. The van der Waals surface area contributed by atoms with E-state index in [-0.39, 0.29) is 5.41 Å². The average Bonchev–Trinajstić information content (AvgIpc) is 2.79. The molecule has 0 radical (unpaired) electrons. The second kappa shape index (κ2) is 17.1. The third-order valence-electron chi connectivity index (χ3n) is 5.74. The van der Waals surface area contributed by atoms with E-state index in [9.17, 15) is 0 Å². The molecule has 34 heavy (non-hydrogen) atoms. The molecule has 0 aliphatic heterocycles. The number of rotatable bonds is 7. The molecule has 0 saturated heterocycles. The Morgan fingerprint density at radius 2 is 1.62 bits per heavy atom. The van der Waals surface area contributed by atoms with Crippen LogP contribution in [0.5, 0.6) is 0 Å². The molecule has 0 spiro atoms. The fraction of sp³-hybridized carbons (Fsp3) is 0.471. The van der Waals surface area contributed by atoms with Crippen molar-refractivity contribution in [3.63, 3.8) is 0 Å². The van der Waals surface area contributed by atoms with Crippen molar-refractivity contribution in [1.29, 1.82) is 0 Å². The molecule has 0 N–H and O–H groups in total. The predicted octanol–water partition coefficient (Wildman–Crippen LogP) is 10.8. The van der Waals surface area contributed by atoms with Gasteiger partial charge in [0.25, 0.3) is 0 Å². The van der Waals surface area contributed by atoms with E-state index in [1.165, 1.54) is 46.2 Å². The van der Waals surface area contributed by atoms with Crippen LogP contribution in [0.2, 0.25) is 0 Å². The van der Waals surface area contributed by atoms with Gasteiger partial charge in [-0.2, -0.15) is 0 Å². The molecular formula is C34H52. The summed E-state index contributed by atoms with van der Waals surface area (Å²) in [5.74, 6) is 0.739. The molecule has 0 amide bonds. The van der Waals surface area contributed by atoms with Gasteiger partial charge in [-0.05, 0) is 65.8 Å². The Bertz CT molecular complexity index is 886. The van der Waals surface area contributed by atoms with Crippen LogP contribution in [0.1, 0.15) is 102 Å². The van der Waals surface area contributed by atoms with Crippen molar-refractivity contribution in [2.75, 3.05) is 0 Å². The number of allylic oxidation sites excluding steroid dienone is 5. The minimum atomic E-state index is 0.169. The molecule has 2 aromatic rings. The second-order valence-corrected chi connectivity index (χ2v) is 10.3. The van der Waals surface area contributed by atoms with Gasteiger partial charge in [0.1, 0.15) is 0 Å². The van der Waals surface area contributed by atoms with Crippen LogP contribution in [0.3, 0.4) is 0 Å². The molecule has 0 aliphatic rings. The normalized spacial score (nSPS) is 12.4. The maximum absolute atomic E-state index is 3.88. The van der Waals surface area contributed by atoms with Crippen molar-refractivity contribution < 1.29 is 0 Å².